The van der Waals surface area contributed by atoms with Gasteiger partial charge in [0.25, 0.3) is 0 Å². The van der Waals surface area contributed by atoms with Crippen molar-refractivity contribution in [3.8, 4) is 11.5 Å². The molecule has 1 amide bonds. The molecule has 0 bridgehead atoms. The molecular weight excluding hydrogens is 232 g/mol. The molecule has 5 heteroatoms. The number of hydrogen-bond donors (Lipinski definition) is 2. The van der Waals surface area contributed by atoms with Crippen LogP contribution in [0.4, 0.5) is 5.69 Å². The van der Waals surface area contributed by atoms with Gasteiger partial charge in [0, 0.05) is 19.0 Å². The number of carbonyl (C=O) groups excluding carboxylic acids is 1. The summed E-state index contributed by atoms with van der Waals surface area (Å²) in [5, 5.41) is 5.79. The summed E-state index contributed by atoms with van der Waals surface area (Å²) in [4.78, 5) is 11.7. The highest BCUT2D eigenvalue weighted by Crippen LogP contribution is 2.33. The second kappa shape index (κ2) is 6.86. The Kier molecular flexibility index (Phi) is 5.45. The number of aryl methyl sites for hydroxylation is 1. The molecule has 1 aromatic carbocycles. The van der Waals surface area contributed by atoms with E-state index in [4.69, 9.17) is 9.47 Å². The molecular formula is C13H20N2O3. The van der Waals surface area contributed by atoms with Gasteiger partial charge in [0.1, 0.15) is 11.5 Å². The van der Waals surface area contributed by atoms with Crippen LogP contribution in [-0.4, -0.2) is 33.7 Å². The Balaban J connectivity index is 2.90. The Morgan fingerprint density at radius 3 is 2.56 bits per heavy atom. The van der Waals surface area contributed by atoms with Crippen LogP contribution in [0.3, 0.4) is 0 Å². The van der Waals surface area contributed by atoms with Crippen LogP contribution in [0.1, 0.15) is 12.0 Å². The molecule has 0 radical (unpaired) electrons. The Hall–Kier alpha value is -1.75. The van der Waals surface area contributed by atoms with Crippen LogP contribution in [0, 0.1) is 6.92 Å². The lowest BCUT2D eigenvalue weighted by Crippen LogP contribution is -2.19. The number of methoxy groups -OCH3 is 2. The van der Waals surface area contributed by atoms with E-state index in [-0.39, 0.29) is 5.91 Å². The highest BCUT2D eigenvalue weighted by Gasteiger charge is 2.12. The first kappa shape index (κ1) is 14.3. The summed E-state index contributed by atoms with van der Waals surface area (Å²) in [5.41, 5.74) is 1.60. The Morgan fingerprint density at radius 2 is 2.00 bits per heavy atom. The quantitative estimate of drug-likeness (QED) is 0.806. The van der Waals surface area contributed by atoms with Crippen molar-refractivity contribution in [2.45, 2.75) is 13.3 Å². The molecule has 0 aromatic heterocycles. The van der Waals surface area contributed by atoms with E-state index in [2.05, 4.69) is 10.6 Å². The first-order chi connectivity index (χ1) is 8.62. The normalized spacial score (nSPS) is 10.0. The van der Waals surface area contributed by atoms with E-state index < -0.39 is 0 Å². The van der Waals surface area contributed by atoms with E-state index in [9.17, 15) is 4.79 Å². The smallest absolute Gasteiger partial charge is 0.225 e. The zero-order valence-electron chi connectivity index (χ0n) is 11.3. The molecule has 0 atom stereocenters. The van der Waals surface area contributed by atoms with Crippen molar-refractivity contribution in [2.24, 2.45) is 0 Å². The van der Waals surface area contributed by atoms with Crippen LogP contribution < -0.4 is 20.1 Å². The number of carbonyl (C=O) groups is 1. The van der Waals surface area contributed by atoms with Gasteiger partial charge in [-0.3, -0.25) is 4.79 Å². The van der Waals surface area contributed by atoms with Gasteiger partial charge in [0.05, 0.1) is 19.9 Å². The third-order valence-corrected chi connectivity index (χ3v) is 2.59. The lowest BCUT2D eigenvalue weighted by molar-refractivity contribution is -0.116. The third-order valence-electron chi connectivity index (χ3n) is 2.59. The summed E-state index contributed by atoms with van der Waals surface area (Å²) >= 11 is 0. The first-order valence-electron chi connectivity index (χ1n) is 5.79. The predicted molar refractivity (Wildman–Crippen MR) is 71.5 cm³/mol. The Bertz CT molecular complexity index is 419. The summed E-state index contributed by atoms with van der Waals surface area (Å²) in [6.07, 6.45) is 0.422. The maximum Gasteiger partial charge on any atom is 0.225 e. The molecule has 0 saturated carbocycles. The largest absolute Gasteiger partial charge is 0.497 e. The lowest BCUT2D eigenvalue weighted by Gasteiger charge is -2.14. The van der Waals surface area contributed by atoms with Gasteiger partial charge in [-0.25, -0.2) is 0 Å². The van der Waals surface area contributed by atoms with Crippen LogP contribution in [0.25, 0.3) is 0 Å². The molecule has 2 N–H and O–H groups in total. The number of rotatable bonds is 6. The average molecular weight is 252 g/mol. The van der Waals surface area contributed by atoms with Gasteiger partial charge in [-0.1, -0.05) is 0 Å². The van der Waals surface area contributed by atoms with Crippen molar-refractivity contribution in [2.75, 3.05) is 33.1 Å². The zero-order valence-corrected chi connectivity index (χ0v) is 11.3. The molecule has 100 valence electrons. The van der Waals surface area contributed by atoms with E-state index >= 15 is 0 Å². The van der Waals surface area contributed by atoms with Crippen LogP contribution in [0.5, 0.6) is 11.5 Å². The van der Waals surface area contributed by atoms with Crippen LogP contribution >= 0.6 is 0 Å². The monoisotopic (exact) mass is 252 g/mol. The van der Waals surface area contributed by atoms with Crippen molar-refractivity contribution < 1.29 is 14.3 Å². The number of anilines is 1. The SMILES string of the molecule is CNCCC(=O)Nc1c(C)cc(OC)cc1OC. The highest BCUT2D eigenvalue weighted by molar-refractivity contribution is 5.93. The summed E-state index contributed by atoms with van der Waals surface area (Å²) < 4.78 is 10.4. The maximum atomic E-state index is 11.7. The van der Waals surface area contributed by atoms with Crippen molar-refractivity contribution >= 4 is 11.6 Å². The molecule has 0 unspecified atom stereocenters. The van der Waals surface area contributed by atoms with Crippen molar-refractivity contribution in [3.63, 3.8) is 0 Å². The Labute approximate surface area is 107 Å². The molecule has 18 heavy (non-hydrogen) atoms. The molecule has 0 spiro atoms. The van der Waals surface area contributed by atoms with E-state index in [1.807, 2.05) is 20.0 Å². The molecule has 0 aliphatic carbocycles. The summed E-state index contributed by atoms with van der Waals surface area (Å²) in [5.74, 6) is 1.26. The fourth-order valence-electron chi connectivity index (χ4n) is 1.60. The minimum Gasteiger partial charge on any atom is -0.497 e. The van der Waals surface area contributed by atoms with Gasteiger partial charge in [0.15, 0.2) is 0 Å². The number of amides is 1. The van der Waals surface area contributed by atoms with E-state index in [0.717, 1.165) is 5.56 Å². The van der Waals surface area contributed by atoms with Crippen molar-refractivity contribution in [3.05, 3.63) is 17.7 Å². The summed E-state index contributed by atoms with van der Waals surface area (Å²) in [7, 11) is 4.98. The van der Waals surface area contributed by atoms with Gasteiger partial charge >= 0.3 is 0 Å². The first-order valence-corrected chi connectivity index (χ1v) is 5.79. The van der Waals surface area contributed by atoms with Gasteiger partial charge in [-0.05, 0) is 25.6 Å². The zero-order chi connectivity index (χ0) is 13.5. The molecule has 0 fully saturated rings. The minimum atomic E-state index is -0.0454. The van der Waals surface area contributed by atoms with Crippen LogP contribution in [0.2, 0.25) is 0 Å². The second-order valence-electron chi connectivity index (χ2n) is 3.92. The van der Waals surface area contributed by atoms with Gasteiger partial charge in [0.2, 0.25) is 5.91 Å². The van der Waals surface area contributed by atoms with E-state index in [1.165, 1.54) is 0 Å². The average Bonchev–Trinajstić information content (AvgIpc) is 2.38. The molecule has 0 aliphatic rings. The second-order valence-corrected chi connectivity index (χ2v) is 3.92. The summed E-state index contributed by atoms with van der Waals surface area (Å²) in [6.45, 7) is 2.54. The molecule has 0 heterocycles. The molecule has 0 saturated heterocycles. The van der Waals surface area contributed by atoms with Gasteiger partial charge in [-0.2, -0.15) is 0 Å². The molecule has 1 rings (SSSR count). The number of hydrogen-bond acceptors (Lipinski definition) is 4. The highest BCUT2D eigenvalue weighted by atomic mass is 16.5. The maximum absolute atomic E-state index is 11.7. The lowest BCUT2D eigenvalue weighted by atomic mass is 10.1. The molecule has 5 nitrogen and oxygen atoms in total. The number of benzene rings is 1. The Morgan fingerprint density at radius 1 is 1.28 bits per heavy atom. The van der Waals surface area contributed by atoms with Crippen LogP contribution in [-0.2, 0) is 4.79 Å². The van der Waals surface area contributed by atoms with E-state index in [0.29, 0.717) is 30.2 Å². The third kappa shape index (κ3) is 3.63. The summed E-state index contributed by atoms with van der Waals surface area (Å²) in [6, 6.07) is 3.61. The van der Waals surface area contributed by atoms with Crippen molar-refractivity contribution in [1.82, 2.24) is 5.32 Å². The molecule has 1 aromatic rings. The predicted octanol–water partition coefficient (Wildman–Crippen LogP) is 1.56. The minimum absolute atomic E-state index is 0.0454. The van der Waals surface area contributed by atoms with Gasteiger partial charge in [-0.15, -0.1) is 0 Å². The molecule has 0 aliphatic heterocycles. The fourth-order valence-corrected chi connectivity index (χ4v) is 1.60. The standard InChI is InChI=1S/C13H20N2O3/c1-9-7-10(17-3)8-11(18-4)13(9)15-12(16)5-6-14-2/h7-8,14H,5-6H2,1-4H3,(H,15,16). The van der Waals surface area contributed by atoms with Gasteiger partial charge < -0.3 is 20.1 Å². The van der Waals surface area contributed by atoms with Crippen molar-refractivity contribution in [1.29, 1.82) is 0 Å². The van der Waals surface area contributed by atoms with E-state index in [1.54, 1.807) is 20.3 Å². The van der Waals surface area contributed by atoms with Crippen LogP contribution in [0.15, 0.2) is 12.1 Å². The number of ether oxygens (including phenoxy) is 2. The number of nitrogens with one attached hydrogen (secondary N) is 2. The fraction of sp³-hybridized carbons (Fsp3) is 0.462. The topological polar surface area (TPSA) is 59.6 Å².